The predicted molar refractivity (Wildman–Crippen MR) is 93.3 cm³/mol. The van der Waals surface area contributed by atoms with E-state index in [0.717, 1.165) is 6.42 Å². The van der Waals surface area contributed by atoms with E-state index in [0.29, 0.717) is 30.6 Å². The van der Waals surface area contributed by atoms with Gasteiger partial charge < -0.3 is 4.74 Å². The molecule has 3 fully saturated rings. The van der Waals surface area contributed by atoms with Gasteiger partial charge >= 0.3 is 0 Å². The van der Waals surface area contributed by atoms with Gasteiger partial charge in [0, 0.05) is 23.7 Å². The molecule has 0 spiro atoms. The molecule has 6 unspecified atom stereocenters. The highest BCUT2D eigenvalue weighted by atomic mass is 16.5. The Bertz CT molecular complexity index is 742. The molecule has 3 aliphatic carbocycles. The summed E-state index contributed by atoms with van der Waals surface area (Å²) in [4.78, 5) is 49.8. The van der Waals surface area contributed by atoms with Crippen LogP contribution in [0.4, 0.5) is 0 Å². The molecule has 1 heterocycles. The predicted octanol–water partition coefficient (Wildman–Crippen LogP) is 2.96. The van der Waals surface area contributed by atoms with Gasteiger partial charge in [0.15, 0.2) is 17.6 Å². The van der Waals surface area contributed by atoms with Crippen molar-refractivity contribution in [2.45, 2.75) is 64.1 Å². The van der Waals surface area contributed by atoms with E-state index in [4.69, 9.17) is 4.74 Å². The van der Waals surface area contributed by atoms with Crippen LogP contribution in [-0.4, -0.2) is 35.9 Å². The van der Waals surface area contributed by atoms with Gasteiger partial charge in [0.05, 0.1) is 12.7 Å². The number of ketones is 2. The Hall–Kier alpha value is -1.76. The lowest BCUT2D eigenvalue weighted by atomic mass is 9.50. The molecule has 6 atom stereocenters. The van der Waals surface area contributed by atoms with Crippen molar-refractivity contribution < 1.29 is 14.3 Å². The van der Waals surface area contributed by atoms with E-state index >= 15 is 0 Å². The maximum atomic E-state index is 13.3. The smallest absolute Gasteiger partial charge is 0.173 e. The van der Waals surface area contributed by atoms with Gasteiger partial charge in [-0.05, 0) is 43.3 Å². The van der Waals surface area contributed by atoms with Gasteiger partial charge in [-0.2, -0.15) is 4.91 Å². The molecule has 0 radical (unpaired) electrons. The normalized spacial score (nSPS) is 44.2. The first kappa shape index (κ1) is 17.6. The first-order chi connectivity index (χ1) is 12.3. The van der Waals surface area contributed by atoms with Crippen LogP contribution in [0.15, 0.2) is 21.5 Å². The minimum atomic E-state index is -1.21. The summed E-state index contributed by atoms with van der Waals surface area (Å²) < 4.78 is 5.62. The van der Waals surface area contributed by atoms with Gasteiger partial charge in [0.2, 0.25) is 0 Å². The van der Waals surface area contributed by atoms with Crippen molar-refractivity contribution >= 4 is 11.6 Å². The molecule has 7 heteroatoms. The number of carbonyl (C=O) groups excluding carboxylic acids is 2. The maximum Gasteiger partial charge on any atom is 0.173 e. The van der Waals surface area contributed by atoms with Crippen LogP contribution < -0.4 is 0 Å². The lowest BCUT2D eigenvalue weighted by Gasteiger charge is -2.56. The first-order valence-electron chi connectivity index (χ1n) is 9.34. The van der Waals surface area contributed by atoms with Crippen LogP contribution in [0.25, 0.3) is 0 Å². The number of hydrogen-bond donors (Lipinski definition) is 0. The lowest BCUT2D eigenvalue weighted by molar-refractivity contribution is -0.182. The molecule has 0 aromatic heterocycles. The van der Waals surface area contributed by atoms with Crippen molar-refractivity contribution in [2.75, 3.05) is 6.61 Å². The molecule has 1 saturated heterocycles. The van der Waals surface area contributed by atoms with Gasteiger partial charge in [-0.15, -0.1) is 4.91 Å². The van der Waals surface area contributed by atoms with Gasteiger partial charge in [-0.25, -0.2) is 0 Å². The van der Waals surface area contributed by atoms with E-state index in [-0.39, 0.29) is 41.8 Å². The van der Waals surface area contributed by atoms with Crippen molar-refractivity contribution in [1.82, 2.24) is 0 Å². The Morgan fingerprint density at radius 3 is 2.42 bits per heavy atom. The number of nitroso groups, excluding NO2 is 2. The summed E-state index contributed by atoms with van der Waals surface area (Å²) in [6, 6.07) is -1.21. The highest BCUT2D eigenvalue weighted by Crippen LogP contribution is 2.58. The fourth-order valence-electron chi connectivity index (χ4n) is 5.93. The summed E-state index contributed by atoms with van der Waals surface area (Å²) in [5.74, 6) is -0.647. The van der Waals surface area contributed by atoms with Crippen LogP contribution in [0.1, 0.15) is 46.5 Å². The summed E-state index contributed by atoms with van der Waals surface area (Å²) in [5.41, 5.74) is -1.22. The summed E-state index contributed by atoms with van der Waals surface area (Å²) in [6.07, 6.45) is 1.93. The topological polar surface area (TPSA) is 102 Å². The van der Waals surface area contributed by atoms with Gasteiger partial charge in [-0.1, -0.05) is 24.2 Å². The van der Waals surface area contributed by atoms with Crippen LogP contribution >= 0.6 is 0 Å². The first-order valence-corrected chi connectivity index (χ1v) is 9.34. The van der Waals surface area contributed by atoms with Crippen molar-refractivity contribution in [3.05, 3.63) is 21.0 Å². The lowest BCUT2D eigenvalue weighted by Crippen LogP contribution is -2.61. The summed E-state index contributed by atoms with van der Waals surface area (Å²) in [7, 11) is 0. The van der Waals surface area contributed by atoms with Gasteiger partial charge in [-0.3, -0.25) is 9.59 Å². The average molecular weight is 360 g/mol. The third-order valence-corrected chi connectivity index (χ3v) is 7.68. The zero-order chi connectivity index (χ0) is 18.9. The van der Waals surface area contributed by atoms with Crippen molar-refractivity contribution in [2.24, 2.45) is 33.5 Å². The van der Waals surface area contributed by atoms with E-state index in [9.17, 15) is 19.4 Å². The Balaban J connectivity index is 1.93. The number of nitrogens with zero attached hydrogens (tertiary/aromatic N) is 2. The molecular weight excluding hydrogens is 336 g/mol. The fraction of sp³-hybridized carbons (Fsp3) is 0.789. The number of allylic oxidation sites excluding steroid dienone is 1. The number of Topliss-reactive ketones (excluding diaryl/α,β-unsaturated/α-hetero) is 2. The Kier molecular flexibility index (Phi) is 3.81. The molecule has 7 nitrogen and oxygen atoms in total. The number of rotatable bonds is 2. The summed E-state index contributed by atoms with van der Waals surface area (Å²) in [5, 5.41) is 6.67. The highest BCUT2D eigenvalue weighted by Gasteiger charge is 2.63. The molecule has 1 aliphatic heterocycles. The molecule has 26 heavy (non-hydrogen) atoms. The standard InChI is InChI=1S/C19H24N2O5/c1-9-13(22)7-19(21-25)6-11-10(4-5-14-12(11)8-26-14)17(23)16(20-24)15(9)18(19,2)3/h10-12,14,16H,4-8H2,1-3H3. The molecule has 0 aromatic rings. The van der Waals surface area contributed by atoms with E-state index < -0.39 is 17.0 Å². The largest absolute Gasteiger partial charge is 0.377 e. The maximum absolute atomic E-state index is 13.3. The fourth-order valence-corrected chi connectivity index (χ4v) is 5.93. The number of hydrogen-bond acceptors (Lipinski definition) is 7. The van der Waals surface area contributed by atoms with E-state index in [1.165, 1.54) is 0 Å². The quantitative estimate of drug-likeness (QED) is 0.704. The number of carbonyl (C=O) groups is 2. The second-order valence-electron chi connectivity index (χ2n) is 8.88. The minimum Gasteiger partial charge on any atom is -0.377 e. The van der Waals surface area contributed by atoms with Crippen molar-refractivity contribution in [3.8, 4) is 0 Å². The van der Waals surface area contributed by atoms with Crippen LogP contribution in [0.3, 0.4) is 0 Å². The third kappa shape index (κ3) is 2.03. The minimum absolute atomic E-state index is 0.0278. The van der Waals surface area contributed by atoms with Crippen molar-refractivity contribution in [1.29, 1.82) is 0 Å². The number of ether oxygens (including phenoxy) is 1. The Morgan fingerprint density at radius 1 is 1.12 bits per heavy atom. The molecule has 0 aromatic carbocycles. The van der Waals surface area contributed by atoms with Crippen molar-refractivity contribution in [3.63, 3.8) is 0 Å². The summed E-state index contributed by atoms with van der Waals surface area (Å²) in [6.45, 7) is 5.84. The molecular formula is C19H24N2O5. The molecule has 4 aliphatic rings. The van der Waals surface area contributed by atoms with E-state index in [1.807, 2.05) is 13.8 Å². The SMILES string of the molecule is CC1=C2C(N=O)C(=O)C3CCC4OCC4C3CC(N=O)(CC1=O)C2(C)C. The summed E-state index contributed by atoms with van der Waals surface area (Å²) >= 11 is 0. The zero-order valence-electron chi connectivity index (χ0n) is 15.4. The van der Waals surface area contributed by atoms with Crippen LogP contribution in [-0.2, 0) is 14.3 Å². The van der Waals surface area contributed by atoms with Crippen LogP contribution in [0.2, 0.25) is 0 Å². The number of fused-ring (bicyclic) bond motifs is 5. The molecule has 140 valence electrons. The second-order valence-corrected chi connectivity index (χ2v) is 8.88. The average Bonchev–Trinajstić information content (AvgIpc) is 2.56. The third-order valence-electron chi connectivity index (χ3n) is 7.68. The molecule has 4 rings (SSSR count). The molecule has 0 N–H and O–H groups in total. The zero-order valence-corrected chi connectivity index (χ0v) is 15.4. The molecule has 2 bridgehead atoms. The molecule has 2 saturated carbocycles. The Morgan fingerprint density at radius 2 is 1.85 bits per heavy atom. The van der Waals surface area contributed by atoms with Gasteiger partial charge in [0.25, 0.3) is 0 Å². The van der Waals surface area contributed by atoms with Gasteiger partial charge in [0.1, 0.15) is 5.54 Å². The highest BCUT2D eigenvalue weighted by molar-refractivity contribution is 6.01. The van der Waals surface area contributed by atoms with E-state index in [2.05, 4.69) is 10.4 Å². The Labute approximate surface area is 151 Å². The monoisotopic (exact) mass is 360 g/mol. The second kappa shape index (κ2) is 5.62. The van der Waals surface area contributed by atoms with Crippen LogP contribution in [0.5, 0.6) is 0 Å². The van der Waals surface area contributed by atoms with Crippen LogP contribution in [0, 0.1) is 33.0 Å². The molecule has 0 amide bonds. The van der Waals surface area contributed by atoms with E-state index in [1.54, 1.807) is 6.92 Å².